The first-order valence-electron chi connectivity index (χ1n) is 5.55. The van der Waals surface area contributed by atoms with Crippen LogP contribution in [0.25, 0.3) is 0 Å². The Balaban J connectivity index is 2.71. The SMILES string of the molecule is CCCOC(SC)C(=O)c1ccc(OC)cc1. The van der Waals surface area contributed by atoms with Crippen molar-refractivity contribution in [3.05, 3.63) is 29.8 Å². The highest BCUT2D eigenvalue weighted by Crippen LogP contribution is 2.18. The van der Waals surface area contributed by atoms with E-state index in [-0.39, 0.29) is 5.78 Å². The van der Waals surface area contributed by atoms with Gasteiger partial charge in [-0.3, -0.25) is 4.79 Å². The summed E-state index contributed by atoms with van der Waals surface area (Å²) in [6.07, 6.45) is 2.79. The van der Waals surface area contributed by atoms with Gasteiger partial charge in [-0.25, -0.2) is 0 Å². The van der Waals surface area contributed by atoms with Crippen LogP contribution in [0, 0.1) is 0 Å². The average Bonchev–Trinajstić information content (AvgIpc) is 2.39. The number of ether oxygens (including phenoxy) is 2. The highest BCUT2D eigenvalue weighted by Gasteiger charge is 2.19. The maximum absolute atomic E-state index is 12.1. The van der Waals surface area contributed by atoms with Gasteiger partial charge in [-0.15, -0.1) is 11.8 Å². The summed E-state index contributed by atoms with van der Waals surface area (Å²) in [7, 11) is 1.60. The zero-order valence-electron chi connectivity index (χ0n) is 10.4. The fraction of sp³-hybridized carbons (Fsp3) is 0.462. The number of rotatable bonds is 7. The van der Waals surface area contributed by atoms with Crippen LogP contribution in [0.2, 0.25) is 0 Å². The van der Waals surface area contributed by atoms with Gasteiger partial charge in [-0.1, -0.05) is 6.92 Å². The Morgan fingerprint density at radius 3 is 2.47 bits per heavy atom. The maximum atomic E-state index is 12.1. The van der Waals surface area contributed by atoms with E-state index >= 15 is 0 Å². The number of hydrogen-bond acceptors (Lipinski definition) is 4. The third kappa shape index (κ3) is 4.06. The zero-order chi connectivity index (χ0) is 12.7. The second-order valence-electron chi connectivity index (χ2n) is 3.53. The summed E-state index contributed by atoms with van der Waals surface area (Å²) < 4.78 is 10.5. The Labute approximate surface area is 106 Å². The van der Waals surface area contributed by atoms with E-state index in [1.165, 1.54) is 11.8 Å². The fourth-order valence-electron chi connectivity index (χ4n) is 1.37. The Bertz CT molecular complexity index is 348. The van der Waals surface area contributed by atoms with Crippen molar-refractivity contribution < 1.29 is 14.3 Å². The van der Waals surface area contributed by atoms with Crippen LogP contribution in [0.15, 0.2) is 24.3 Å². The molecule has 1 aromatic carbocycles. The van der Waals surface area contributed by atoms with E-state index in [0.29, 0.717) is 12.2 Å². The number of benzene rings is 1. The molecule has 0 aliphatic rings. The third-order valence-corrected chi connectivity index (χ3v) is 3.05. The first-order valence-corrected chi connectivity index (χ1v) is 6.84. The summed E-state index contributed by atoms with van der Waals surface area (Å²) in [6.45, 7) is 2.63. The van der Waals surface area contributed by atoms with Crippen molar-refractivity contribution in [1.29, 1.82) is 0 Å². The van der Waals surface area contributed by atoms with Crippen molar-refractivity contribution in [2.45, 2.75) is 18.8 Å². The van der Waals surface area contributed by atoms with E-state index in [0.717, 1.165) is 12.2 Å². The molecular formula is C13H18O3S. The molecule has 1 unspecified atom stereocenters. The van der Waals surface area contributed by atoms with Crippen LogP contribution in [0.3, 0.4) is 0 Å². The van der Waals surface area contributed by atoms with Gasteiger partial charge in [0.1, 0.15) is 5.75 Å². The Morgan fingerprint density at radius 1 is 1.35 bits per heavy atom. The second kappa shape index (κ2) is 7.35. The Kier molecular flexibility index (Phi) is 6.08. The van der Waals surface area contributed by atoms with E-state index in [1.807, 2.05) is 13.2 Å². The van der Waals surface area contributed by atoms with Crippen molar-refractivity contribution >= 4 is 17.5 Å². The van der Waals surface area contributed by atoms with Gasteiger partial charge in [0.2, 0.25) is 5.78 Å². The van der Waals surface area contributed by atoms with Crippen LogP contribution in [0.5, 0.6) is 5.75 Å². The van der Waals surface area contributed by atoms with Gasteiger partial charge in [0.15, 0.2) is 5.44 Å². The molecule has 0 aliphatic heterocycles. The van der Waals surface area contributed by atoms with E-state index in [9.17, 15) is 4.79 Å². The molecule has 17 heavy (non-hydrogen) atoms. The summed E-state index contributed by atoms with van der Waals surface area (Å²) in [5.74, 6) is 0.755. The van der Waals surface area contributed by atoms with Crippen LogP contribution in [-0.2, 0) is 4.74 Å². The number of carbonyl (C=O) groups excluding carboxylic acids is 1. The first kappa shape index (κ1) is 14.1. The van der Waals surface area contributed by atoms with Crippen molar-refractivity contribution in [1.82, 2.24) is 0 Å². The molecule has 0 bridgehead atoms. The van der Waals surface area contributed by atoms with E-state index < -0.39 is 5.44 Å². The lowest BCUT2D eigenvalue weighted by molar-refractivity contribution is 0.0681. The highest BCUT2D eigenvalue weighted by atomic mass is 32.2. The number of ketones is 1. The monoisotopic (exact) mass is 254 g/mol. The van der Waals surface area contributed by atoms with Gasteiger partial charge in [-0.2, -0.15) is 0 Å². The summed E-state index contributed by atoms with van der Waals surface area (Å²) in [4.78, 5) is 12.1. The smallest absolute Gasteiger partial charge is 0.201 e. The fourth-order valence-corrected chi connectivity index (χ4v) is 1.95. The zero-order valence-corrected chi connectivity index (χ0v) is 11.3. The molecule has 0 amide bonds. The molecule has 0 saturated heterocycles. The number of hydrogen-bond donors (Lipinski definition) is 0. The van der Waals surface area contributed by atoms with Crippen LogP contribution < -0.4 is 4.74 Å². The molecule has 1 rings (SSSR count). The standard InChI is InChI=1S/C13H18O3S/c1-4-9-16-13(17-3)12(14)10-5-7-11(15-2)8-6-10/h5-8,13H,4,9H2,1-3H3. The van der Waals surface area contributed by atoms with Crippen LogP contribution in [0.1, 0.15) is 23.7 Å². The predicted octanol–water partition coefficient (Wildman–Crippen LogP) is 2.99. The third-order valence-electron chi connectivity index (χ3n) is 2.28. The lowest BCUT2D eigenvalue weighted by Crippen LogP contribution is -2.21. The first-order chi connectivity index (χ1) is 8.22. The molecule has 0 N–H and O–H groups in total. The van der Waals surface area contributed by atoms with Crippen molar-refractivity contribution in [3.8, 4) is 5.75 Å². The Morgan fingerprint density at radius 2 is 2.00 bits per heavy atom. The van der Waals surface area contributed by atoms with Gasteiger partial charge >= 0.3 is 0 Å². The minimum Gasteiger partial charge on any atom is -0.497 e. The van der Waals surface area contributed by atoms with E-state index in [1.54, 1.807) is 31.4 Å². The van der Waals surface area contributed by atoms with Gasteiger partial charge in [0, 0.05) is 12.2 Å². The molecule has 0 heterocycles. The minimum atomic E-state index is -0.414. The molecule has 0 aliphatic carbocycles. The molecule has 0 aromatic heterocycles. The molecule has 0 spiro atoms. The summed E-state index contributed by atoms with van der Waals surface area (Å²) >= 11 is 1.42. The topological polar surface area (TPSA) is 35.5 Å². The minimum absolute atomic E-state index is 0.00797. The van der Waals surface area contributed by atoms with Crippen LogP contribution >= 0.6 is 11.8 Å². The number of thioether (sulfide) groups is 1. The number of Topliss-reactive ketones (excluding diaryl/α,β-unsaturated/α-hetero) is 1. The van der Waals surface area contributed by atoms with Gasteiger partial charge < -0.3 is 9.47 Å². The predicted molar refractivity (Wildman–Crippen MR) is 70.9 cm³/mol. The molecule has 0 fully saturated rings. The lowest BCUT2D eigenvalue weighted by atomic mass is 10.1. The van der Waals surface area contributed by atoms with E-state index in [4.69, 9.17) is 9.47 Å². The van der Waals surface area contributed by atoms with Gasteiger partial charge in [0.05, 0.1) is 7.11 Å². The van der Waals surface area contributed by atoms with Crippen molar-refractivity contribution in [2.24, 2.45) is 0 Å². The maximum Gasteiger partial charge on any atom is 0.201 e. The average molecular weight is 254 g/mol. The Hall–Kier alpha value is -1.00. The van der Waals surface area contributed by atoms with Crippen molar-refractivity contribution in [3.63, 3.8) is 0 Å². The normalized spacial score (nSPS) is 12.2. The molecule has 0 saturated carbocycles. The molecule has 1 aromatic rings. The number of carbonyl (C=O) groups is 1. The number of methoxy groups -OCH3 is 1. The van der Waals surface area contributed by atoms with Crippen molar-refractivity contribution in [2.75, 3.05) is 20.0 Å². The lowest BCUT2D eigenvalue weighted by Gasteiger charge is -2.14. The summed E-state index contributed by atoms with van der Waals surface area (Å²) in [5, 5.41) is 0. The second-order valence-corrected chi connectivity index (χ2v) is 4.43. The van der Waals surface area contributed by atoms with Crippen LogP contribution in [0.4, 0.5) is 0 Å². The summed E-state index contributed by atoms with van der Waals surface area (Å²) in [5.41, 5.74) is 0.240. The van der Waals surface area contributed by atoms with Gasteiger partial charge in [-0.05, 0) is 36.9 Å². The molecule has 3 nitrogen and oxygen atoms in total. The summed E-state index contributed by atoms with van der Waals surface area (Å²) in [6, 6.07) is 7.09. The molecular weight excluding hydrogens is 236 g/mol. The van der Waals surface area contributed by atoms with Crippen LogP contribution in [-0.4, -0.2) is 31.2 Å². The molecule has 94 valence electrons. The quantitative estimate of drug-likeness (QED) is 0.553. The largest absolute Gasteiger partial charge is 0.497 e. The van der Waals surface area contributed by atoms with Gasteiger partial charge in [0.25, 0.3) is 0 Å². The molecule has 1 atom stereocenters. The van der Waals surface area contributed by atoms with E-state index in [2.05, 4.69) is 0 Å². The highest BCUT2D eigenvalue weighted by molar-refractivity contribution is 7.99. The molecule has 4 heteroatoms. The molecule has 0 radical (unpaired) electrons.